The zero-order valence-electron chi connectivity index (χ0n) is 19.2. The lowest BCUT2D eigenvalue weighted by molar-refractivity contribution is -0.0417. The Morgan fingerprint density at radius 3 is 2.24 bits per heavy atom. The molecule has 0 amide bonds. The number of hydrogen-bond acceptors (Lipinski definition) is 6. The van der Waals surface area contributed by atoms with Gasteiger partial charge in [0.15, 0.2) is 0 Å². The smallest absolute Gasteiger partial charge is 0.339 e. The van der Waals surface area contributed by atoms with Crippen molar-refractivity contribution in [1.82, 2.24) is 0 Å². The number of carbonyl (C=O) groups excluding carboxylic acids is 1. The second-order valence-corrected chi connectivity index (χ2v) is 9.18. The fourth-order valence-electron chi connectivity index (χ4n) is 4.49. The minimum atomic E-state index is -0.599. The maximum Gasteiger partial charge on any atom is 0.339 e. The normalized spacial score (nSPS) is 22.9. The van der Waals surface area contributed by atoms with Crippen LogP contribution in [0.2, 0.25) is 0 Å². The van der Waals surface area contributed by atoms with Crippen LogP contribution in [0.4, 0.5) is 0 Å². The standard InChI is InChI=1S/C27H32O6/c1-2-19-14-20(6-11-25(19)32-18-24-17-31-24)26(28)33-27(12-4-3-5-13-27)21-7-9-22(10-8-21)29-15-23-16-30-23/h6-11,14,23-24H,2-5,12-13,15-18H2,1H3. The van der Waals surface area contributed by atoms with Crippen LogP contribution in [-0.4, -0.2) is 44.6 Å². The lowest BCUT2D eigenvalue weighted by Crippen LogP contribution is -2.34. The molecule has 2 aromatic rings. The molecule has 0 spiro atoms. The first kappa shape index (κ1) is 22.2. The van der Waals surface area contributed by atoms with Gasteiger partial charge in [0.05, 0.1) is 18.8 Å². The average molecular weight is 453 g/mol. The third-order valence-electron chi connectivity index (χ3n) is 6.67. The highest BCUT2D eigenvalue weighted by molar-refractivity contribution is 5.90. The van der Waals surface area contributed by atoms with Gasteiger partial charge in [0.1, 0.15) is 42.5 Å². The summed E-state index contributed by atoms with van der Waals surface area (Å²) in [6, 6.07) is 13.6. The molecular formula is C27H32O6. The lowest BCUT2D eigenvalue weighted by Gasteiger charge is -2.37. The van der Waals surface area contributed by atoms with Crippen LogP contribution in [0.1, 0.15) is 60.5 Å². The molecule has 0 N–H and O–H groups in total. The van der Waals surface area contributed by atoms with Crippen LogP contribution >= 0.6 is 0 Å². The molecule has 3 aliphatic rings. The van der Waals surface area contributed by atoms with E-state index in [0.717, 1.165) is 67.9 Å². The molecule has 5 rings (SSSR count). The van der Waals surface area contributed by atoms with Crippen molar-refractivity contribution in [3.63, 3.8) is 0 Å². The van der Waals surface area contributed by atoms with E-state index >= 15 is 0 Å². The summed E-state index contributed by atoms with van der Waals surface area (Å²) in [5.74, 6) is 1.34. The Kier molecular flexibility index (Phi) is 6.56. The summed E-state index contributed by atoms with van der Waals surface area (Å²) in [4.78, 5) is 13.3. The zero-order chi connectivity index (χ0) is 22.7. The number of esters is 1. The molecule has 6 nitrogen and oxygen atoms in total. The Morgan fingerprint density at radius 2 is 1.61 bits per heavy atom. The Balaban J connectivity index is 1.31. The van der Waals surface area contributed by atoms with E-state index in [1.807, 2.05) is 36.4 Å². The van der Waals surface area contributed by atoms with E-state index in [2.05, 4.69) is 6.92 Å². The van der Waals surface area contributed by atoms with Crippen molar-refractivity contribution in [2.45, 2.75) is 63.3 Å². The predicted octanol–water partition coefficient (Wildman–Crippen LogP) is 4.82. The number of epoxide rings is 2. The first-order valence-electron chi connectivity index (χ1n) is 12.1. The highest BCUT2D eigenvalue weighted by atomic mass is 16.6. The van der Waals surface area contributed by atoms with Gasteiger partial charge in [-0.05, 0) is 73.6 Å². The molecule has 3 fully saturated rings. The fraction of sp³-hybridized carbons (Fsp3) is 0.519. The molecule has 6 heteroatoms. The van der Waals surface area contributed by atoms with Gasteiger partial charge >= 0.3 is 5.97 Å². The molecule has 176 valence electrons. The van der Waals surface area contributed by atoms with Crippen molar-refractivity contribution >= 4 is 5.97 Å². The van der Waals surface area contributed by atoms with Gasteiger partial charge in [-0.2, -0.15) is 0 Å². The number of hydrogen-bond donors (Lipinski definition) is 0. The van der Waals surface area contributed by atoms with E-state index in [1.54, 1.807) is 6.07 Å². The van der Waals surface area contributed by atoms with Gasteiger partial charge in [-0.15, -0.1) is 0 Å². The second-order valence-electron chi connectivity index (χ2n) is 9.18. The highest BCUT2D eigenvalue weighted by Crippen LogP contribution is 2.42. The SMILES string of the molecule is CCc1cc(C(=O)OC2(c3ccc(OCC4CO4)cc3)CCCCC2)ccc1OCC1CO1. The molecule has 2 aliphatic heterocycles. The summed E-state index contributed by atoms with van der Waals surface area (Å²) < 4.78 is 28.4. The number of carbonyl (C=O) groups is 1. The van der Waals surface area contributed by atoms with Crippen molar-refractivity contribution in [2.24, 2.45) is 0 Å². The van der Waals surface area contributed by atoms with Gasteiger partial charge in [-0.3, -0.25) is 0 Å². The number of aryl methyl sites for hydroxylation is 1. The monoisotopic (exact) mass is 452 g/mol. The van der Waals surface area contributed by atoms with E-state index in [1.165, 1.54) is 6.42 Å². The molecule has 0 bridgehead atoms. The van der Waals surface area contributed by atoms with Crippen LogP contribution in [0.5, 0.6) is 11.5 Å². The lowest BCUT2D eigenvalue weighted by atomic mass is 9.79. The van der Waals surface area contributed by atoms with E-state index < -0.39 is 5.60 Å². The summed E-state index contributed by atoms with van der Waals surface area (Å²) in [7, 11) is 0. The van der Waals surface area contributed by atoms with Crippen molar-refractivity contribution in [2.75, 3.05) is 26.4 Å². The zero-order valence-corrected chi connectivity index (χ0v) is 19.2. The molecule has 1 saturated carbocycles. The summed E-state index contributed by atoms with van der Waals surface area (Å²) in [6.07, 6.45) is 6.11. The molecule has 2 unspecified atom stereocenters. The third-order valence-corrected chi connectivity index (χ3v) is 6.67. The Labute approximate surface area is 195 Å². The maximum atomic E-state index is 13.3. The molecule has 33 heavy (non-hydrogen) atoms. The maximum absolute atomic E-state index is 13.3. The summed E-state index contributed by atoms with van der Waals surface area (Å²) in [5.41, 5.74) is 2.00. The molecule has 2 atom stereocenters. The third kappa shape index (κ3) is 5.50. The summed E-state index contributed by atoms with van der Waals surface area (Å²) in [6.45, 7) is 4.72. The number of ether oxygens (including phenoxy) is 5. The Hall–Kier alpha value is -2.57. The molecule has 0 radical (unpaired) electrons. The van der Waals surface area contributed by atoms with Crippen LogP contribution in [0.25, 0.3) is 0 Å². The second kappa shape index (κ2) is 9.74. The summed E-state index contributed by atoms with van der Waals surface area (Å²) >= 11 is 0. The van der Waals surface area contributed by atoms with Gasteiger partial charge in [-0.25, -0.2) is 4.79 Å². The van der Waals surface area contributed by atoms with Gasteiger partial charge in [0.2, 0.25) is 0 Å². The van der Waals surface area contributed by atoms with Gasteiger partial charge in [0.25, 0.3) is 0 Å². The minimum Gasteiger partial charge on any atom is -0.491 e. The average Bonchev–Trinajstić information content (AvgIpc) is 3.77. The molecule has 1 aliphatic carbocycles. The fourth-order valence-corrected chi connectivity index (χ4v) is 4.49. The molecular weight excluding hydrogens is 420 g/mol. The van der Waals surface area contributed by atoms with Gasteiger partial charge in [-0.1, -0.05) is 25.5 Å². The van der Waals surface area contributed by atoms with Crippen LogP contribution in [0, 0.1) is 0 Å². The van der Waals surface area contributed by atoms with E-state index in [4.69, 9.17) is 23.7 Å². The first-order valence-corrected chi connectivity index (χ1v) is 12.1. The van der Waals surface area contributed by atoms with Crippen LogP contribution in [-0.2, 0) is 26.2 Å². The predicted molar refractivity (Wildman–Crippen MR) is 123 cm³/mol. The number of benzene rings is 2. The van der Waals surface area contributed by atoms with Crippen molar-refractivity contribution < 1.29 is 28.5 Å². The quantitative estimate of drug-likeness (QED) is 0.380. The van der Waals surface area contributed by atoms with Gasteiger partial charge in [0, 0.05) is 0 Å². The van der Waals surface area contributed by atoms with E-state index in [9.17, 15) is 4.79 Å². The van der Waals surface area contributed by atoms with Gasteiger partial charge < -0.3 is 23.7 Å². The molecule has 0 aromatic heterocycles. The highest BCUT2D eigenvalue weighted by Gasteiger charge is 2.38. The van der Waals surface area contributed by atoms with Crippen LogP contribution < -0.4 is 9.47 Å². The topological polar surface area (TPSA) is 69.8 Å². The van der Waals surface area contributed by atoms with Crippen molar-refractivity contribution in [1.29, 1.82) is 0 Å². The minimum absolute atomic E-state index is 0.198. The van der Waals surface area contributed by atoms with Crippen LogP contribution in [0.3, 0.4) is 0 Å². The first-order chi connectivity index (χ1) is 16.1. The van der Waals surface area contributed by atoms with Crippen molar-refractivity contribution in [3.05, 3.63) is 59.2 Å². The van der Waals surface area contributed by atoms with Crippen LogP contribution in [0.15, 0.2) is 42.5 Å². The molecule has 2 saturated heterocycles. The molecule has 2 aromatic carbocycles. The molecule has 2 heterocycles. The van der Waals surface area contributed by atoms with E-state index in [0.29, 0.717) is 18.8 Å². The summed E-state index contributed by atoms with van der Waals surface area (Å²) in [5, 5.41) is 0. The number of rotatable bonds is 10. The largest absolute Gasteiger partial charge is 0.491 e. The Bertz CT molecular complexity index is 955. The van der Waals surface area contributed by atoms with Crippen molar-refractivity contribution in [3.8, 4) is 11.5 Å². The Morgan fingerprint density at radius 1 is 0.939 bits per heavy atom. The van der Waals surface area contributed by atoms with E-state index in [-0.39, 0.29) is 18.2 Å².